The second kappa shape index (κ2) is 5.40. The van der Waals surface area contributed by atoms with Crippen LogP contribution in [0.5, 0.6) is 17.2 Å². The van der Waals surface area contributed by atoms with Crippen LogP contribution in [0.25, 0.3) is 6.08 Å². The minimum Gasteiger partial charge on any atom is -0.507 e. The zero-order valence-electron chi connectivity index (χ0n) is 11.1. The van der Waals surface area contributed by atoms with Gasteiger partial charge in [0.25, 0.3) is 0 Å². The van der Waals surface area contributed by atoms with E-state index in [9.17, 15) is 9.90 Å². The number of rotatable bonds is 2. The van der Waals surface area contributed by atoms with Crippen LogP contribution in [-0.2, 0) is 0 Å². The first-order valence-corrected chi connectivity index (χ1v) is 7.27. The third kappa shape index (κ3) is 2.61. The summed E-state index contributed by atoms with van der Waals surface area (Å²) in [5, 5.41) is 9.92. The van der Waals surface area contributed by atoms with Crippen molar-refractivity contribution in [3.05, 3.63) is 56.9 Å². The molecule has 1 aliphatic heterocycles. The van der Waals surface area contributed by atoms with Gasteiger partial charge in [-0.3, -0.25) is 4.79 Å². The highest BCUT2D eigenvalue weighted by Gasteiger charge is 2.31. The molecule has 21 heavy (non-hydrogen) atoms. The first kappa shape index (κ1) is 13.9. The Kier molecular flexibility index (Phi) is 3.59. The van der Waals surface area contributed by atoms with Gasteiger partial charge in [0, 0.05) is 15.7 Å². The Balaban J connectivity index is 2.00. The lowest BCUT2D eigenvalue weighted by Crippen LogP contribution is -1.98. The van der Waals surface area contributed by atoms with Crippen LogP contribution in [0.2, 0.25) is 0 Å². The highest BCUT2D eigenvalue weighted by Crippen LogP contribution is 2.40. The van der Waals surface area contributed by atoms with Crippen molar-refractivity contribution in [2.45, 2.75) is 0 Å². The number of carbonyl (C=O) groups is 1. The van der Waals surface area contributed by atoms with Crippen LogP contribution in [0.4, 0.5) is 0 Å². The van der Waals surface area contributed by atoms with Crippen LogP contribution >= 0.6 is 22.6 Å². The van der Waals surface area contributed by atoms with Crippen molar-refractivity contribution in [3.8, 4) is 17.2 Å². The molecular weight excluding hydrogens is 383 g/mol. The minimum absolute atomic E-state index is 0.139. The fraction of sp³-hybridized carbons (Fsp3) is 0.0625. The number of phenolic OH excluding ortho intramolecular Hbond substituents is 1. The Hall–Kier alpha value is -2.02. The topological polar surface area (TPSA) is 55.8 Å². The van der Waals surface area contributed by atoms with Gasteiger partial charge >= 0.3 is 0 Å². The molecule has 0 fully saturated rings. The predicted molar refractivity (Wildman–Crippen MR) is 86.8 cm³/mol. The molecular formula is C16H11IO4. The van der Waals surface area contributed by atoms with Crippen molar-refractivity contribution >= 4 is 34.5 Å². The van der Waals surface area contributed by atoms with E-state index in [0.717, 1.165) is 9.13 Å². The second-order valence-electron chi connectivity index (χ2n) is 4.51. The first-order valence-electron chi connectivity index (χ1n) is 6.19. The number of allylic oxidation sites excluding steroid dienone is 1. The molecule has 0 amide bonds. The monoisotopic (exact) mass is 394 g/mol. The molecule has 5 heteroatoms. The van der Waals surface area contributed by atoms with Crippen LogP contribution in [0.15, 0.2) is 42.2 Å². The number of halogens is 1. The maximum Gasteiger partial charge on any atom is 0.235 e. The molecule has 1 heterocycles. The van der Waals surface area contributed by atoms with E-state index in [-0.39, 0.29) is 22.9 Å². The van der Waals surface area contributed by atoms with Gasteiger partial charge in [0.1, 0.15) is 22.8 Å². The van der Waals surface area contributed by atoms with Gasteiger partial charge in [0.05, 0.1) is 7.11 Å². The van der Waals surface area contributed by atoms with Crippen LogP contribution in [-0.4, -0.2) is 18.0 Å². The third-order valence-electron chi connectivity index (χ3n) is 3.13. The summed E-state index contributed by atoms with van der Waals surface area (Å²) in [6.45, 7) is 0. The second-order valence-corrected chi connectivity index (χ2v) is 5.76. The van der Waals surface area contributed by atoms with Crippen molar-refractivity contribution in [2.24, 2.45) is 0 Å². The van der Waals surface area contributed by atoms with E-state index in [1.165, 1.54) is 13.2 Å². The lowest BCUT2D eigenvalue weighted by molar-refractivity contribution is 0.101. The molecule has 0 saturated heterocycles. The SMILES string of the molecule is COc1cc(O)c2c(c1)O/C(=C\c1ccc(I)cc1)C2=O. The van der Waals surface area contributed by atoms with E-state index in [2.05, 4.69) is 22.6 Å². The maximum atomic E-state index is 12.3. The van der Waals surface area contributed by atoms with Crippen LogP contribution in [0.3, 0.4) is 0 Å². The summed E-state index contributed by atoms with van der Waals surface area (Å²) in [6, 6.07) is 10.7. The molecule has 0 unspecified atom stereocenters. The van der Waals surface area contributed by atoms with E-state index in [1.54, 1.807) is 12.1 Å². The van der Waals surface area contributed by atoms with E-state index in [0.29, 0.717) is 11.5 Å². The van der Waals surface area contributed by atoms with Crippen molar-refractivity contribution in [1.29, 1.82) is 0 Å². The summed E-state index contributed by atoms with van der Waals surface area (Å²) in [7, 11) is 1.49. The number of hydrogen-bond acceptors (Lipinski definition) is 4. The van der Waals surface area contributed by atoms with Crippen LogP contribution in [0, 0.1) is 3.57 Å². The highest BCUT2D eigenvalue weighted by atomic mass is 127. The number of ether oxygens (including phenoxy) is 2. The summed E-state index contributed by atoms with van der Waals surface area (Å²) in [5.41, 5.74) is 1.03. The summed E-state index contributed by atoms with van der Waals surface area (Å²) in [4.78, 5) is 12.3. The predicted octanol–water partition coefficient (Wildman–Crippen LogP) is 3.62. The molecule has 0 bridgehead atoms. The van der Waals surface area contributed by atoms with Gasteiger partial charge in [-0.25, -0.2) is 0 Å². The van der Waals surface area contributed by atoms with Gasteiger partial charge in [0.2, 0.25) is 5.78 Å². The van der Waals surface area contributed by atoms with Crippen molar-refractivity contribution in [3.63, 3.8) is 0 Å². The minimum atomic E-state index is -0.330. The number of carbonyl (C=O) groups excluding carboxylic acids is 1. The van der Waals surface area contributed by atoms with Gasteiger partial charge in [-0.1, -0.05) is 12.1 Å². The molecule has 2 aromatic rings. The lowest BCUT2D eigenvalue weighted by Gasteiger charge is -2.03. The molecule has 2 aromatic carbocycles. The Morgan fingerprint density at radius 3 is 2.62 bits per heavy atom. The number of fused-ring (bicyclic) bond motifs is 1. The summed E-state index contributed by atoms with van der Waals surface area (Å²) in [6.07, 6.45) is 1.66. The van der Waals surface area contributed by atoms with Gasteiger partial charge < -0.3 is 14.6 Å². The summed E-state index contributed by atoms with van der Waals surface area (Å²) >= 11 is 2.21. The molecule has 0 aliphatic carbocycles. The zero-order valence-corrected chi connectivity index (χ0v) is 13.2. The fourth-order valence-corrected chi connectivity index (χ4v) is 2.46. The Morgan fingerprint density at radius 2 is 1.95 bits per heavy atom. The molecule has 106 valence electrons. The molecule has 0 spiro atoms. The number of phenols is 1. The van der Waals surface area contributed by atoms with Gasteiger partial charge in [-0.05, 0) is 46.4 Å². The number of benzene rings is 2. The third-order valence-corrected chi connectivity index (χ3v) is 3.85. The van der Waals surface area contributed by atoms with Gasteiger partial charge in [-0.2, -0.15) is 0 Å². The average molecular weight is 394 g/mol. The molecule has 0 atom stereocenters. The molecule has 0 saturated carbocycles. The molecule has 4 nitrogen and oxygen atoms in total. The quantitative estimate of drug-likeness (QED) is 0.625. The fourth-order valence-electron chi connectivity index (χ4n) is 2.10. The van der Waals surface area contributed by atoms with E-state index < -0.39 is 0 Å². The van der Waals surface area contributed by atoms with E-state index in [4.69, 9.17) is 9.47 Å². The normalized spacial score (nSPS) is 15.0. The first-order chi connectivity index (χ1) is 10.1. The molecule has 3 rings (SSSR count). The summed E-state index contributed by atoms with van der Waals surface area (Å²) in [5.74, 6) is 0.474. The van der Waals surface area contributed by atoms with Crippen molar-refractivity contribution in [1.82, 2.24) is 0 Å². The van der Waals surface area contributed by atoms with E-state index >= 15 is 0 Å². The van der Waals surface area contributed by atoms with Gasteiger partial charge in [-0.15, -0.1) is 0 Å². The molecule has 1 N–H and O–H groups in total. The zero-order chi connectivity index (χ0) is 15.0. The largest absolute Gasteiger partial charge is 0.507 e. The lowest BCUT2D eigenvalue weighted by atomic mass is 10.1. The highest BCUT2D eigenvalue weighted by molar-refractivity contribution is 14.1. The molecule has 0 radical (unpaired) electrons. The average Bonchev–Trinajstić information content (AvgIpc) is 2.78. The number of ketones is 1. The number of hydrogen-bond donors (Lipinski definition) is 1. The van der Waals surface area contributed by atoms with E-state index in [1.807, 2.05) is 24.3 Å². The summed E-state index contributed by atoms with van der Waals surface area (Å²) < 4.78 is 11.7. The Labute approximate surface area is 135 Å². The van der Waals surface area contributed by atoms with Crippen molar-refractivity contribution in [2.75, 3.05) is 7.11 Å². The Bertz CT molecular complexity index is 748. The standard InChI is InChI=1S/C16H11IO4/c1-20-11-7-12(18)15-13(8-11)21-14(16(15)19)6-9-2-4-10(17)5-3-9/h2-8,18H,1H3/b14-6-. The maximum absolute atomic E-state index is 12.3. The van der Waals surface area contributed by atoms with Crippen LogP contribution in [0.1, 0.15) is 15.9 Å². The molecule has 0 aromatic heterocycles. The van der Waals surface area contributed by atoms with Crippen LogP contribution < -0.4 is 9.47 Å². The number of Topliss-reactive ketones (excluding diaryl/α,β-unsaturated/α-hetero) is 1. The van der Waals surface area contributed by atoms with Gasteiger partial charge in [0.15, 0.2) is 5.76 Å². The Morgan fingerprint density at radius 1 is 1.24 bits per heavy atom. The number of aromatic hydroxyl groups is 1. The molecule has 1 aliphatic rings. The number of methoxy groups -OCH3 is 1. The van der Waals surface area contributed by atoms with Crippen molar-refractivity contribution < 1.29 is 19.4 Å². The smallest absolute Gasteiger partial charge is 0.235 e.